The topological polar surface area (TPSA) is 58.6 Å². The molecule has 0 aromatic heterocycles. The molecular weight excluding hydrogens is 348 g/mol. The van der Waals surface area contributed by atoms with Crippen molar-refractivity contribution in [3.63, 3.8) is 0 Å². The smallest absolute Gasteiger partial charge is 0.262 e. The van der Waals surface area contributed by atoms with Gasteiger partial charge in [0.1, 0.15) is 12.4 Å². The Morgan fingerprint density at radius 1 is 1.12 bits per heavy atom. The summed E-state index contributed by atoms with van der Waals surface area (Å²) < 4.78 is 33.9. The first kappa shape index (κ1) is 18.7. The number of sulfonamides is 1. The van der Waals surface area contributed by atoms with E-state index in [0.29, 0.717) is 24.1 Å². The van der Waals surface area contributed by atoms with E-state index >= 15 is 0 Å². The molecule has 0 saturated carbocycles. The van der Waals surface area contributed by atoms with Gasteiger partial charge in [-0.05, 0) is 57.6 Å². The highest BCUT2D eigenvalue weighted by atomic mass is 32.2. The minimum Gasteiger partial charge on any atom is -0.490 e. The van der Waals surface area contributed by atoms with E-state index in [9.17, 15) is 8.42 Å². The third kappa shape index (κ3) is 4.56. The van der Waals surface area contributed by atoms with Crippen molar-refractivity contribution in [3.8, 4) is 5.75 Å². The van der Waals surface area contributed by atoms with Crippen LogP contribution in [-0.2, 0) is 10.0 Å². The van der Waals surface area contributed by atoms with Crippen molar-refractivity contribution < 1.29 is 13.2 Å². The summed E-state index contributed by atoms with van der Waals surface area (Å²) >= 11 is 0. The van der Waals surface area contributed by atoms with Crippen molar-refractivity contribution in [1.82, 2.24) is 4.90 Å². The first-order valence-electron chi connectivity index (χ1n) is 8.97. The summed E-state index contributed by atoms with van der Waals surface area (Å²) in [6.07, 6.45) is 3.54. The van der Waals surface area contributed by atoms with E-state index in [-0.39, 0.29) is 4.90 Å². The lowest BCUT2D eigenvalue weighted by Crippen LogP contribution is -2.40. The molecule has 5 nitrogen and oxygen atoms in total. The van der Waals surface area contributed by atoms with E-state index in [1.54, 1.807) is 42.5 Å². The Morgan fingerprint density at radius 3 is 2.58 bits per heavy atom. The van der Waals surface area contributed by atoms with Gasteiger partial charge in [0.25, 0.3) is 10.0 Å². The molecule has 3 rings (SSSR count). The summed E-state index contributed by atoms with van der Waals surface area (Å²) in [5.74, 6) is 0.558. The molecule has 1 saturated heterocycles. The van der Waals surface area contributed by atoms with Gasteiger partial charge in [0.05, 0.1) is 10.6 Å². The highest BCUT2D eigenvalue weighted by Gasteiger charge is 2.21. The number of likely N-dealkylation sites (tertiary alicyclic amines) is 1. The maximum Gasteiger partial charge on any atom is 0.262 e. The molecule has 0 spiro atoms. The number of likely N-dealkylation sites (N-methyl/N-ethyl adjacent to an activating group) is 1. The highest BCUT2D eigenvalue weighted by Crippen LogP contribution is 2.27. The Hall–Kier alpha value is -2.05. The molecule has 1 fully saturated rings. The van der Waals surface area contributed by atoms with Crippen LogP contribution in [0.1, 0.15) is 24.8 Å². The van der Waals surface area contributed by atoms with Gasteiger partial charge in [-0.1, -0.05) is 36.2 Å². The van der Waals surface area contributed by atoms with E-state index in [0.717, 1.165) is 18.5 Å². The van der Waals surface area contributed by atoms with E-state index in [1.807, 2.05) is 13.0 Å². The molecule has 6 heteroatoms. The maximum absolute atomic E-state index is 12.6. The van der Waals surface area contributed by atoms with Crippen LogP contribution in [0.2, 0.25) is 0 Å². The van der Waals surface area contributed by atoms with Crippen molar-refractivity contribution in [2.75, 3.05) is 24.9 Å². The monoisotopic (exact) mass is 374 g/mol. The predicted molar refractivity (Wildman–Crippen MR) is 104 cm³/mol. The van der Waals surface area contributed by atoms with Gasteiger partial charge in [-0.25, -0.2) is 8.42 Å². The van der Waals surface area contributed by atoms with E-state index in [4.69, 9.17) is 4.74 Å². The minimum absolute atomic E-state index is 0.241. The van der Waals surface area contributed by atoms with Crippen LogP contribution in [0.3, 0.4) is 0 Å². The summed E-state index contributed by atoms with van der Waals surface area (Å²) in [6, 6.07) is 14.3. The average Bonchev–Trinajstić information content (AvgIpc) is 2.62. The van der Waals surface area contributed by atoms with Crippen LogP contribution in [0.5, 0.6) is 5.75 Å². The van der Waals surface area contributed by atoms with E-state index < -0.39 is 10.0 Å². The second-order valence-corrected chi connectivity index (χ2v) is 8.54. The molecule has 2 aromatic rings. The van der Waals surface area contributed by atoms with Crippen molar-refractivity contribution in [2.24, 2.45) is 0 Å². The number of hydrogen-bond acceptors (Lipinski definition) is 4. The molecule has 1 N–H and O–H groups in total. The standard InChI is InChI=1S/C20H26N2O3S/c1-16-10-12-18(13-11-16)26(23,24)21-19-8-3-4-9-20(19)25-15-17-7-5-6-14-22(17)2/h3-4,8-13,17,21H,5-7,14-15H2,1-2H3. The van der Waals surface area contributed by atoms with E-state index in [2.05, 4.69) is 16.7 Å². The Morgan fingerprint density at radius 2 is 1.85 bits per heavy atom. The molecule has 1 aliphatic heterocycles. The summed E-state index contributed by atoms with van der Waals surface area (Å²) in [5.41, 5.74) is 1.48. The maximum atomic E-state index is 12.6. The number of aryl methyl sites for hydroxylation is 1. The second kappa shape index (κ2) is 8.10. The second-order valence-electron chi connectivity index (χ2n) is 6.86. The van der Waals surface area contributed by atoms with Crippen molar-refractivity contribution in [3.05, 3.63) is 54.1 Å². The number of benzene rings is 2. The first-order valence-corrected chi connectivity index (χ1v) is 10.5. The van der Waals surface area contributed by atoms with Crippen LogP contribution in [0.15, 0.2) is 53.4 Å². The molecule has 0 bridgehead atoms. The fraction of sp³-hybridized carbons (Fsp3) is 0.400. The van der Waals surface area contributed by atoms with Gasteiger partial charge < -0.3 is 9.64 Å². The Labute approximate surface area is 156 Å². The summed E-state index contributed by atoms with van der Waals surface area (Å²) in [4.78, 5) is 2.55. The van der Waals surface area contributed by atoms with Crippen LogP contribution >= 0.6 is 0 Å². The van der Waals surface area contributed by atoms with Gasteiger partial charge in [0, 0.05) is 6.04 Å². The van der Waals surface area contributed by atoms with Crippen molar-refractivity contribution in [1.29, 1.82) is 0 Å². The number of nitrogens with zero attached hydrogens (tertiary/aromatic N) is 1. The highest BCUT2D eigenvalue weighted by molar-refractivity contribution is 7.92. The number of anilines is 1. The number of ether oxygens (including phenoxy) is 1. The van der Waals surface area contributed by atoms with Gasteiger partial charge in [0.2, 0.25) is 0 Å². The molecule has 0 amide bonds. The summed E-state index contributed by atoms with van der Waals surface area (Å²) in [5, 5.41) is 0. The zero-order valence-corrected chi connectivity index (χ0v) is 16.1. The van der Waals surface area contributed by atoms with Crippen molar-refractivity contribution >= 4 is 15.7 Å². The fourth-order valence-electron chi connectivity index (χ4n) is 3.14. The zero-order valence-electron chi connectivity index (χ0n) is 15.3. The predicted octanol–water partition coefficient (Wildman–Crippen LogP) is 3.66. The molecule has 1 unspecified atom stereocenters. The van der Waals surface area contributed by atoms with E-state index in [1.165, 1.54) is 12.8 Å². The molecule has 2 aromatic carbocycles. The Bertz CT molecular complexity index is 834. The average molecular weight is 375 g/mol. The molecule has 26 heavy (non-hydrogen) atoms. The van der Waals surface area contributed by atoms with Gasteiger partial charge in [-0.2, -0.15) is 0 Å². The summed E-state index contributed by atoms with van der Waals surface area (Å²) in [6.45, 7) is 3.56. The fourth-order valence-corrected chi connectivity index (χ4v) is 4.21. The van der Waals surface area contributed by atoms with Gasteiger partial charge in [-0.3, -0.25) is 4.72 Å². The van der Waals surface area contributed by atoms with Crippen LogP contribution in [0, 0.1) is 6.92 Å². The number of rotatable bonds is 6. The minimum atomic E-state index is -3.65. The molecule has 1 atom stereocenters. The Kier molecular flexibility index (Phi) is 5.84. The van der Waals surface area contributed by atoms with Crippen LogP contribution < -0.4 is 9.46 Å². The molecule has 0 aliphatic carbocycles. The van der Waals surface area contributed by atoms with Gasteiger partial charge in [-0.15, -0.1) is 0 Å². The lowest BCUT2D eigenvalue weighted by Gasteiger charge is -2.32. The molecule has 0 radical (unpaired) electrons. The third-order valence-electron chi connectivity index (χ3n) is 4.82. The first-order chi connectivity index (χ1) is 12.5. The molecule has 140 valence electrons. The number of para-hydroxylation sites is 2. The lowest BCUT2D eigenvalue weighted by molar-refractivity contribution is 0.125. The quantitative estimate of drug-likeness (QED) is 0.838. The number of piperidine rings is 1. The largest absolute Gasteiger partial charge is 0.490 e. The molecular formula is C20H26N2O3S. The van der Waals surface area contributed by atoms with Crippen LogP contribution in [0.4, 0.5) is 5.69 Å². The number of nitrogens with one attached hydrogen (secondary N) is 1. The zero-order chi connectivity index (χ0) is 18.6. The van der Waals surface area contributed by atoms with Gasteiger partial charge in [0.15, 0.2) is 0 Å². The Balaban J connectivity index is 1.73. The van der Waals surface area contributed by atoms with Crippen LogP contribution in [0.25, 0.3) is 0 Å². The SMILES string of the molecule is Cc1ccc(S(=O)(=O)Nc2ccccc2OCC2CCCCN2C)cc1. The van der Waals surface area contributed by atoms with Crippen LogP contribution in [-0.4, -0.2) is 39.6 Å². The number of hydrogen-bond donors (Lipinski definition) is 1. The molecule has 1 aliphatic rings. The van der Waals surface area contributed by atoms with Crippen molar-refractivity contribution in [2.45, 2.75) is 37.1 Å². The van der Waals surface area contributed by atoms with Gasteiger partial charge >= 0.3 is 0 Å². The molecule has 1 heterocycles. The lowest BCUT2D eigenvalue weighted by atomic mass is 10.0. The normalized spacial score (nSPS) is 18.5. The summed E-state index contributed by atoms with van der Waals surface area (Å²) in [7, 11) is -1.54. The third-order valence-corrected chi connectivity index (χ3v) is 6.20.